The predicted molar refractivity (Wildman–Crippen MR) is 70.5 cm³/mol. The van der Waals surface area contributed by atoms with E-state index in [0.29, 0.717) is 28.5 Å². The molecule has 0 atom stereocenters. The second-order valence-electron chi connectivity index (χ2n) is 3.96. The van der Waals surface area contributed by atoms with Crippen molar-refractivity contribution >= 4 is 16.9 Å². The molecule has 0 saturated heterocycles. The van der Waals surface area contributed by atoms with Crippen LogP contribution in [0.15, 0.2) is 33.5 Å². The van der Waals surface area contributed by atoms with Crippen molar-refractivity contribution in [2.75, 3.05) is 0 Å². The number of rotatable bonds is 3. The number of benzene rings is 1. The smallest absolute Gasteiger partial charge is 0.336 e. The number of esters is 1. The maximum Gasteiger partial charge on any atom is 0.336 e. The van der Waals surface area contributed by atoms with Crippen LogP contribution in [-0.4, -0.2) is 5.97 Å². The second-order valence-corrected chi connectivity index (χ2v) is 3.96. The number of fused-ring (bicyclic) bond motifs is 1. The molecular weight excluding hydrogens is 244 g/mol. The van der Waals surface area contributed by atoms with E-state index in [1.807, 2.05) is 0 Å². The Morgan fingerprint density at radius 3 is 2.89 bits per heavy atom. The molecular formula is C15H12O4. The molecule has 0 N–H and O–H groups in total. The zero-order valence-electron chi connectivity index (χ0n) is 10.4. The van der Waals surface area contributed by atoms with Gasteiger partial charge in [-0.2, -0.15) is 0 Å². The van der Waals surface area contributed by atoms with Crippen LogP contribution in [0.1, 0.15) is 24.5 Å². The molecule has 0 aliphatic rings. The van der Waals surface area contributed by atoms with Crippen LogP contribution in [-0.2, 0) is 16.1 Å². The van der Waals surface area contributed by atoms with Crippen LogP contribution in [0.25, 0.3) is 11.0 Å². The predicted octanol–water partition coefficient (Wildman–Crippen LogP) is 2.23. The van der Waals surface area contributed by atoms with E-state index in [-0.39, 0.29) is 12.6 Å². The Kier molecular flexibility index (Phi) is 3.67. The number of hydrogen-bond donors (Lipinski definition) is 0. The SMILES string of the molecule is C#Cc1ccc2c(COC(=O)CC)cc(=O)oc2c1. The molecule has 4 heteroatoms. The number of terminal acetylenes is 1. The monoisotopic (exact) mass is 256 g/mol. The van der Waals surface area contributed by atoms with E-state index >= 15 is 0 Å². The number of ether oxygens (including phenoxy) is 1. The maximum absolute atomic E-state index is 11.5. The molecule has 1 aromatic carbocycles. The van der Waals surface area contributed by atoms with Crippen molar-refractivity contribution in [1.29, 1.82) is 0 Å². The zero-order valence-corrected chi connectivity index (χ0v) is 10.4. The van der Waals surface area contributed by atoms with Crippen LogP contribution in [0.2, 0.25) is 0 Å². The summed E-state index contributed by atoms with van der Waals surface area (Å²) in [4.78, 5) is 22.6. The van der Waals surface area contributed by atoms with Crippen molar-refractivity contribution in [3.05, 3.63) is 45.8 Å². The van der Waals surface area contributed by atoms with Gasteiger partial charge in [-0.3, -0.25) is 4.79 Å². The summed E-state index contributed by atoms with van der Waals surface area (Å²) < 4.78 is 10.1. The standard InChI is InChI=1S/C15H12O4/c1-3-10-5-6-12-11(9-18-14(16)4-2)8-15(17)19-13(12)7-10/h1,5-8H,4,9H2,2H3. The Balaban J connectivity index is 2.46. The lowest BCUT2D eigenvalue weighted by molar-refractivity contribution is -0.144. The molecule has 1 aromatic heterocycles. The molecule has 0 unspecified atom stereocenters. The lowest BCUT2D eigenvalue weighted by Gasteiger charge is -2.06. The van der Waals surface area contributed by atoms with Crippen LogP contribution >= 0.6 is 0 Å². The molecule has 0 aliphatic heterocycles. The highest BCUT2D eigenvalue weighted by molar-refractivity contribution is 5.81. The summed E-state index contributed by atoms with van der Waals surface area (Å²) in [5, 5.41) is 0.711. The third-order valence-corrected chi connectivity index (χ3v) is 2.67. The van der Waals surface area contributed by atoms with Crippen LogP contribution in [0.5, 0.6) is 0 Å². The van der Waals surface area contributed by atoms with E-state index in [4.69, 9.17) is 15.6 Å². The topological polar surface area (TPSA) is 56.5 Å². The van der Waals surface area contributed by atoms with Gasteiger partial charge >= 0.3 is 11.6 Å². The number of carbonyl (C=O) groups is 1. The minimum absolute atomic E-state index is 0.0458. The molecule has 0 spiro atoms. The average Bonchev–Trinajstić information content (AvgIpc) is 2.43. The van der Waals surface area contributed by atoms with Gasteiger partial charge in [-0.15, -0.1) is 6.42 Å². The summed E-state index contributed by atoms with van der Waals surface area (Å²) in [5.74, 6) is 2.15. The molecule has 4 nitrogen and oxygen atoms in total. The highest BCUT2D eigenvalue weighted by Gasteiger charge is 2.08. The normalized spacial score (nSPS) is 10.1. The van der Waals surface area contributed by atoms with Gasteiger partial charge in [-0.1, -0.05) is 12.8 Å². The molecule has 96 valence electrons. The molecule has 19 heavy (non-hydrogen) atoms. The molecule has 0 aliphatic carbocycles. The van der Waals surface area contributed by atoms with Crippen molar-refractivity contribution in [3.63, 3.8) is 0 Å². The lowest BCUT2D eigenvalue weighted by atomic mass is 10.1. The second kappa shape index (κ2) is 5.40. The Hall–Kier alpha value is -2.54. The van der Waals surface area contributed by atoms with E-state index in [0.717, 1.165) is 0 Å². The van der Waals surface area contributed by atoms with Gasteiger partial charge in [0.05, 0.1) is 0 Å². The third-order valence-electron chi connectivity index (χ3n) is 2.67. The third kappa shape index (κ3) is 2.83. The largest absolute Gasteiger partial charge is 0.461 e. The molecule has 0 fully saturated rings. The van der Waals surface area contributed by atoms with E-state index < -0.39 is 5.63 Å². The summed E-state index contributed by atoms with van der Waals surface area (Å²) in [7, 11) is 0. The molecule has 2 aromatic rings. The fourth-order valence-corrected chi connectivity index (χ4v) is 1.70. The van der Waals surface area contributed by atoms with Gasteiger partial charge in [0.1, 0.15) is 12.2 Å². The molecule has 0 bridgehead atoms. The zero-order chi connectivity index (χ0) is 13.8. The highest BCUT2D eigenvalue weighted by Crippen LogP contribution is 2.19. The Morgan fingerprint density at radius 1 is 1.42 bits per heavy atom. The Bertz CT molecular complexity index is 719. The van der Waals surface area contributed by atoms with Crippen molar-refractivity contribution in [1.82, 2.24) is 0 Å². The van der Waals surface area contributed by atoms with Crippen molar-refractivity contribution < 1.29 is 13.9 Å². The molecule has 0 amide bonds. The molecule has 2 rings (SSSR count). The summed E-state index contributed by atoms with van der Waals surface area (Å²) >= 11 is 0. The summed E-state index contributed by atoms with van der Waals surface area (Å²) in [5.41, 5.74) is 1.13. The Morgan fingerprint density at radius 2 is 2.21 bits per heavy atom. The first-order chi connectivity index (χ1) is 9.13. The first kappa shape index (κ1) is 12.9. The van der Waals surface area contributed by atoms with Crippen LogP contribution < -0.4 is 5.63 Å². The van der Waals surface area contributed by atoms with E-state index in [1.165, 1.54) is 6.07 Å². The van der Waals surface area contributed by atoms with E-state index in [9.17, 15) is 9.59 Å². The fraction of sp³-hybridized carbons (Fsp3) is 0.200. The van der Waals surface area contributed by atoms with Gasteiger partial charge in [0.25, 0.3) is 0 Å². The van der Waals surface area contributed by atoms with Gasteiger partial charge in [0.15, 0.2) is 0 Å². The highest BCUT2D eigenvalue weighted by atomic mass is 16.5. The lowest BCUT2D eigenvalue weighted by Crippen LogP contribution is -2.06. The van der Waals surface area contributed by atoms with Gasteiger partial charge in [-0.25, -0.2) is 4.79 Å². The molecule has 0 saturated carbocycles. The van der Waals surface area contributed by atoms with Gasteiger partial charge in [0.2, 0.25) is 0 Å². The van der Waals surface area contributed by atoms with Gasteiger partial charge in [0, 0.05) is 29.0 Å². The first-order valence-electron chi connectivity index (χ1n) is 5.83. The van der Waals surface area contributed by atoms with Crippen LogP contribution in [0.4, 0.5) is 0 Å². The molecule has 0 radical (unpaired) electrons. The van der Waals surface area contributed by atoms with Crippen molar-refractivity contribution in [3.8, 4) is 12.3 Å². The first-order valence-corrected chi connectivity index (χ1v) is 5.83. The average molecular weight is 256 g/mol. The summed E-state index contributed by atoms with van der Waals surface area (Å²) in [6, 6.07) is 6.43. The van der Waals surface area contributed by atoms with Crippen molar-refractivity contribution in [2.45, 2.75) is 20.0 Å². The minimum atomic E-state index is -0.496. The van der Waals surface area contributed by atoms with Crippen LogP contribution in [0, 0.1) is 12.3 Å². The van der Waals surface area contributed by atoms with Gasteiger partial charge < -0.3 is 9.15 Å². The molecule has 1 heterocycles. The number of carbonyl (C=O) groups excluding carboxylic acids is 1. The maximum atomic E-state index is 11.5. The van der Waals surface area contributed by atoms with E-state index in [2.05, 4.69) is 5.92 Å². The van der Waals surface area contributed by atoms with E-state index in [1.54, 1.807) is 25.1 Å². The van der Waals surface area contributed by atoms with Crippen molar-refractivity contribution in [2.24, 2.45) is 0 Å². The number of hydrogen-bond acceptors (Lipinski definition) is 4. The summed E-state index contributed by atoms with van der Waals surface area (Å²) in [6.45, 7) is 1.75. The minimum Gasteiger partial charge on any atom is -0.461 e. The Labute approximate surface area is 110 Å². The fourth-order valence-electron chi connectivity index (χ4n) is 1.70. The summed E-state index contributed by atoms with van der Waals surface area (Å²) in [6.07, 6.45) is 5.59. The van der Waals surface area contributed by atoms with Gasteiger partial charge in [-0.05, 0) is 18.2 Å². The quantitative estimate of drug-likeness (QED) is 0.480. The van der Waals surface area contributed by atoms with Crippen LogP contribution in [0.3, 0.4) is 0 Å².